The molecule has 3 heteroatoms. The maximum atomic E-state index is 10.7. The lowest BCUT2D eigenvalue weighted by Crippen LogP contribution is -2.08. The number of ketones is 1. The number of hydrogen-bond acceptors (Lipinski definition) is 2. The number of carbonyl (C=O) groups excluding carboxylic acids is 1. The Balaban J connectivity index is 2.38. The van der Waals surface area contributed by atoms with Crippen molar-refractivity contribution in [3.8, 4) is 0 Å². The molecule has 1 rings (SSSR count). The Morgan fingerprint density at radius 1 is 1.80 bits per heavy atom. The first-order valence-corrected chi connectivity index (χ1v) is 5.37. The second-order valence-corrected chi connectivity index (χ2v) is 4.94. The van der Waals surface area contributed by atoms with E-state index in [1.165, 1.54) is 22.1 Å². The summed E-state index contributed by atoms with van der Waals surface area (Å²) >= 11 is 3.70. The molecule has 0 atom stereocenters. The van der Waals surface area contributed by atoms with E-state index in [1.807, 2.05) is 23.1 Å². The third-order valence-corrected chi connectivity index (χ3v) is 3.83. The van der Waals surface area contributed by atoms with Gasteiger partial charge in [0.25, 0.3) is 0 Å². The SMILES string of the molecule is CC(=O)CC1=[S+]CCCS1. The van der Waals surface area contributed by atoms with E-state index in [9.17, 15) is 4.79 Å². The van der Waals surface area contributed by atoms with Crippen LogP contribution in [0.1, 0.15) is 19.8 Å². The third kappa shape index (κ3) is 2.80. The highest BCUT2D eigenvalue weighted by Crippen LogP contribution is 2.13. The molecule has 1 heterocycles. The molecule has 56 valence electrons. The summed E-state index contributed by atoms with van der Waals surface area (Å²) in [4.78, 5) is 10.7. The van der Waals surface area contributed by atoms with Crippen molar-refractivity contribution in [1.29, 1.82) is 0 Å². The molecule has 0 aromatic carbocycles. The second kappa shape index (κ2) is 4.09. The predicted molar refractivity (Wildman–Crippen MR) is 49.6 cm³/mol. The highest BCUT2D eigenvalue weighted by molar-refractivity contribution is 8.23. The molecule has 0 spiro atoms. The van der Waals surface area contributed by atoms with Crippen molar-refractivity contribution >= 4 is 33.1 Å². The van der Waals surface area contributed by atoms with E-state index in [1.54, 1.807) is 6.92 Å². The molecule has 0 N–H and O–H groups in total. The zero-order valence-corrected chi connectivity index (χ0v) is 7.69. The van der Waals surface area contributed by atoms with Gasteiger partial charge in [0, 0.05) is 12.2 Å². The smallest absolute Gasteiger partial charge is 0.241 e. The first kappa shape index (κ1) is 8.21. The van der Waals surface area contributed by atoms with Crippen LogP contribution in [-0.2, 0) is 16.1 Å². The Hall–Kier alpha value is 0.110. The van der Waals surface area contributed by atoms with Crippen LogP contribution in [0.5, 0.6) is 0 Å². The molecule has 0 bridgehead atoms. The van der Waals surface area contributed by atoms with E-state index in [4.69, 9.17) is 0 Å². The Bertz CT molecular complexity index is 163. The lowest BCUT2D eigenvalue weighted by Gasteiger charge is -1.97. The van der Waals surface area contributed by atoms with Crippen LogP contribution >= 0.6 is 11.8 Å². The minimum Gasteiger partial charge on any atom is -0.299 e. The largest absolute Gasteiger partial charge is 0.299 e. The van der Waals surface area contributed by atoms with Crippen molar-refractivity contribution in [1.82, 2.24) is 0 Å². The molecule has 0 aromatic rings. The first-order chi connectivity index (χ1) is 4.79. The van der Waals surface area contributed by atoms with Gasteiger partial charge in [0.2, 0.25) is 4.20 Å². The average Bonchev–Trinajstić information content (AvgIpc) is 1.88. The zero-order valence-electron chi connectivity index (χ0n) is 6.05. The fraction of sp³-hybridized carbons (Fsp3) is 0.714. The summed E-state index contributed by atoms with van der Waals surface area (Å²) in [6.45, 7) is 1.66. The van der Waals surface area contributed by atoms with Gasteiger partial charge in [0.05, 0.1) is 6.42 Å². The molecule has 0 saturated heterocycles. The third-order valence-electron chi connectivity index (χ3n) is 1.21. The minimum atomic E-state index is 0.289. The van der Waals surface area contributed by atoms with Gasteiger partial charge in [-0.15, -0.1) is 0 Å². The summed E-state index contributed by atoms with van der Waals surface area (Å²) in [6.07, 6.45) is 1.96. The molecule has 1 aliphatic rings. The highest BCUT2D eigenvalue weighted by atomic mass is 32.2. The van der Waals surface area contributed by atoms with Gasteiger partial charge in [0.15, 0.2) is 17.1 Å². The first-order valence-electron chi connectivity index (χ1n) is 3.40. The molecule has 0 amide bonds. The molecule has 10 heavy (non-hydrogen) atoms. The molecule has 1 nitrogen and oxygen atoms in total. The number of thioether (sulfide) groups is 1. The van der Waals surface area contributed by atoms with E-state index in [0.29, 0.717) is 6.42 Å². The standard InChI is InChI=1S/C7H11OS2/c1-6(8)5-7-9-3-2-4-10-7/h2-5H2,1H3/q+1. The van der Waals surface area contributed by atoms with Crippen molar-refractivity contribution in [2.45, 2.75) is 19.8 Å². The number of hydrogen-bond donors (Lipinski definition) is 0. The van der Waals surface area contributed by atoms with Crippen LogP contribution in [0.2, 0.25) is 0 Å². The van der Waals surface area contributed by atoms with Gasteiger partial charge in [-0.25, -0.2) is 0 Å². The van der Waals surface area contributed by atoms with Crippen molar-refractivity contribution in [2.75, 3.05) is 11.5 Å². The topological polar surface area (TPSA) is 17.1 Å². The summed E-state index contributed by atoms with van der Waals surface area (Å²) in [5.74, 6) is 2.70. The molecular formula is C7H11OS2+. The van der Waals surface area contributed by atoms with Crippen LogP contribution in [-0.4, -0.2) is 21.5 Å². The lowest BCUT2D eigenvalue weighted by atomic mass is 10.4. The van der Waals surface area contributed by atoms with E-state index in [-0.39, 0.29) is 5.78 Å². The van der Waals surface area contributed by atoms with E-state index >= 15 is 0 Å². The summed E-state index contributed by atoms with van der Waals surface area (Å²) in [5.41, 5.74) is 0. The average molecular weight is 175 g/mol. The molecular weight excluding hydrogens is 164 g/mol. The minimum absolute atomic E-state index is 0.289. The van der Waals surface area contributed by atoms with Crippen molar-refractivity contribution in [3.05, 3.63) is 0 Å². The van der Waals surface area contributed by atoms with Gasteiger partial charge in [-0.1, -0.05) is 11.8 Å². The highest BCUT2D eigenvalue weighted by Gasteiger charge is 2.17. The maximum Gasteiger partial charge on any atom is 0.241 e. The molecule has 0 unspecified atom stereocenters. The summed E-state index contributed by atoms with van der Waals surface area (Å²) < 4.78 is 1.32. The molecule has 0 radical (unpaired) electrons. The van der Waals surface area contributed by atoms with Gasteiger partial charge in [-0.3, -0.25) is 4.79 Å². The van der Waals surface area contributed by atoms with Crippen molar-refractivity contribution < 1.29 is 4.79 Å². The van der Waals surface area contributed by atoms with Gasteiger partial charge >= 0.3 is 0 Å². The van der Waals surface area contributed by atoms with E-state index < -0.39 is 0 Å². The van der Waals surface area contributed by atoms with Gasteiger partial charge in [-0.05, 0) is 6.92 Å². The zero-order chi connectivity index (χ0) is 7.40. The van der Waals surface area contributed by atoms with Crippen LogP contribution < -0.4 is 0 Å². The Morgan fingerprint density at radius 3 is 3.10 bits per heavy atom. The van der Waals surface area contributed by atoms with E-state index in [0.717, 1.165) is 0 Å². The molecule has 1 aliphatic heterocycles. The van der Waals surface area contributed by atoms with Crippen LogP contribution in [0, 0.1) is 0 Å². The number of rotatable bonds is 2. The van der Waals surface area contributed by atoms with Crippen LogP contribution in [0.4, 0.5) is 0 Å². The van der Waals surface area contributed by atoms with Crippen LogP contribution in [0.25, 0.3) is 0 Å². The van der Waals surface area contributed by atoms with Crippen LogP contribution in [0.15, 0.2) is 0 Å². The normalized spacial score (nSPS) is 18.3. The van der Waals surface area contributed by atoms with Crippen LogP contribution in [0.3, 0.4) is 0 Å². The van der Waals surface area contributed by atoms with E-state index in [2.05, 4.69) is 0 Å². The number of Topliss-reactive ketones (excluding diaryl/α,β-unsaturated/α-hetero) is 1. The maximum absolute atomic E-state index is 10.7. The van der Waals surface area contributed by atoms with Gasteiger partial charge in [-0.2, -0.15) is 0 Å². The Kier molecular flexibility index (Phi) is 3.35. The fourth-order valence-electron chi connectivity index (χ4n) is 0.778. The summed E-state index contributed by atoms with van der Waals surface area (Å²) in [7, 11) is 0. The molecule has 0 saturated carbocycles. The van der Waals surface area contributed by atoms with Crippen molar-refractivity contribution in [3.63, 3.8) is 0 Å². The quantitative estimate of drug-likeness (QED) is 0.465. The fourth-order valence-corrected chi connectivity index (χ4v) is 3.44. The summed E-state index contributed by atoms with van der Waals surface area (Å²) in [5, 5.41) is 0. The predicted octanol–water partition coefficient (Wildman–Crippen LogP) is 1.31. The second-order valence-electron chi connectivity index (χ2n) is 2.30. The monoisotopic (exact) mass is 175 g/mol. The van der Waals surface area contributed by atoms with Gasteiger partial charge in [0.1, 0.15) is 5.78 Å². The van der Waals surface area contributed by atoms with Crippen molar-refractivity contribution in [2.24, 2.45) is 0 Å². The molecule has 0 fully saturated rings. The van der Waals surface area contributed by atoms with Gasteiger partial charge < -0.3 is 0 Å². The number of carbonyl (C=O) groups is 1. The Morgan fingerprint density at radius 2 is 2.60 bits per heavy atom. The molecule has 0 aliphatic carbocycles. The molecule has 0 aromatic heterocycles. The lowest BCUT2D eigenvalue weighted by molar-refractivity contribution is -0.115. The Labute approximate surface area is 69.5 Å². The summed E-state index contributed by atoms with van der Waals surface area (Å²) in [6, 6.07) is 0.